The van der Waals surface area contributed by atoms with E-state index in [-0.39, 0.29) is 12.5 Å². The molecule has 4 rings (SSSR count). The Balaban J connectivity index is 1.58. The van der Waals surface area contributed by atoms with Crippen LogP contribution < -0.4 is 5.32 Å². The van der Waals surface area contributed by atoms with Gasteiger partial charge in [-0.05, 0) is 61.7 Å². The van der Waals surface area contributed by atoms with E-state index in [0.717, 1.165) is 42.8 Å². The summed E-state index contributed by atoms with van der Waals surface area (Å²) in [5, 5.41) is 10.7. The number of halogens is 1. The van der Waals surface area contributed by atoms with Gasteiger partial charge in [0.05, 0.1) is 11.0 Å². The second-order valence-corrected chi connectivity index (χ2v) is 8.42. The monoisotopic (exact) mass is 483 g/mol. The summed E-state index contributed by atoms with van der Waals surface area (Å²) >= 11 is 11.4. The van der Waals surface area contributed by atoms with Crippen LogP contribution >= 0.6 is 23.8 Å². The highest BCUT2D eigenvalue weighted by molar-refractivity contribution is 7.71. The third kappa shape index (κ3) is 5.16. The number of H-pyrrole nitrogens is 1. The Labute approximate surface area is 202 Å². The number of benzene rings is 2. The maximum Gasteiger partial charge on any atom is 0.246 e. The summed E-state index contributed by atoms with van der Waals surface area (Å²) < 4.78 is 4.09. The Morgan fingerprint density at radius 3 is 2.58 bits per heavy atom. The van der Waals surface area contributed by atoms with E-state index in [1.54, 1.807) is 16.7 Å². The number of nitrogens with zero attached hydrogens (tertiary/aromatic N) is 5. The predicted octanol–water partition coefficient (Wildman–Crippen LogP) is 4.59. The van der Waals surface area contributed by atoms with Gasteiger partial charge in [0.25, 0.3) is 0 Å². The number of anilines is 1. The number of fused-ring (bicyclic) bond motifs is 1. The normalized spacial score (nSPS) is 11.4. The quantitative estimate of drug-likeness (QED) is 0.340. The molecule has 0 fully saturated rings. The number of rotatable bonds is 9. The number of imidazole rings is 1. The number of carbonyl (C=O) groups excluding carboxylic acids is 1. The minimum Gasteiger partial charge on any atom is -0.309 e. The van der Waals surface area contributed by atoms with Crippen LogP contribution in [0.25, 0.3) is 22.4 Å². The van der Waals surface area contributed by atoms with Crippen molar-refractivity contribution in [3.8, 4) is 11.4 Å². The first-order chi connectivity index (χ1) is 16.0. The van der Waals surface area contributed by atoms with Crippen LogP contribution in [0.1, 0.15) is 13.8 Å². The lowest BCUT2D eigenvalue weighted by molar-refractivity contribution is -0.116. The van der Waals surface area contributed by atoms with Crippen LogP contribution in [0.3, 0.4) is 0 Å². The van der Waals surface area contributed by atoms with Gasteiger partial charge in [-0.2, -0.15) is 5.10 Å². The van der Waals surface area contributed by atoms with E-state index in [1.165, 1.54) is 0 Å². The molecule has 0 radical (unpaired) electrons. The molecule has 1 amide bonds. The average Bonchev–Trinajstić information content (AvgIpc) is 3.35. The summed E-state index contributed by atoms with van der Waals surface area (Å²) in [6, 6.07) is 15.1. The van der Waals surface area contributed by atoms with Crippen LogP contribution in [0.15, 0.2) is 48.5 Å². The van der Waals surface area contributed by atoms with Gasteiger partial charge in [0.2, 0.25) is 11.9 Å². The number of carbonyl (C=O) groups is 1. The number of likely N-dealkylation sites (N-methyl/N-ethyl adjacent to an activating group) is 1. The molecule has 2 heterocycles. The molecule has 0 atom stereocenters. The first-order valence-corrected chi connectivity index (χ1v) is 11.7. The molecule has 0 unspecified atom stereocenters. The van der Waals surface area contributed by atoms with Gasteiger partial charge in [0, 0.05) is 23.7 Å². The van der Waals surface area contributed by atoms with Crippen molar-refractivity contribution in [3.63, 3.8) is 0 Å². The first-order valence-electron chi connectivity index (χ1n) is 10.9. The van der Waals surface area contributed by atoms with Crippen molar-refractivity contribution < 1.29 is 4.79 Å². The second kappa shape index (κ2) is 10.3. The van der Waals surface area contributed by atoms with Crippen LogP contribution in [0.4, 0.5) is 5.95 Å². The van der Waals surface area contributed by atoms with Crippen molar-refractivity contribution in [1.82, 2.24) is 29.2 Å². The van der Waals surface area contributed by atoms with E-state index < -0.39 is 0 Å². The number of nitrogens with one attached hydrogen (secondary N) is 2. The fourth-order valence-electron chi connectivity index (χ4n) is 3.77. The summed E-state index contributed by atoms with van der Waals surface area (Å²) in [6.07, 6.45) is 0. The van der Waals surface area contributed by atoms with Crippen molar-refractivity contribution in [3.05, 3.63) is 58.3 Å². The smallest absolute Gasteiger partial charge is 0.246 e. The number of hydrogen-bond acceptors (Lipinski definition) is 5. The molecule has 33 heavy (non-hydrogen) atoms. The van der Waals surface area contributed by atoms with Gasteiger partial charge >= 0.3 is 0 Å². The average molecular weight is 484 g/mol. The Morgan fingerprint density at radius 2 is 1.85 bits per heavy atom. The molecule has 4 aromatic rings. The summed E-state index contributed by atoms with van der Waals surface area (Å²) in [7, 11) is 0. The minimum atomic E-state index is -0.234. The van der Waals surface area contributed by atoms with Gasteiger partial charge in [-0.3, -0.25) is 19.8 Å². The van der Waals surface area contributed by atoms with E-state index in [2.05, 4.69) is 43.8 Å². The van der Waals surface area contributed by atoms with Crippen molar-refractivity contribution in [2.75, 3.05) is 25.0 Å². The summed E-state index contributed by atoms with van der Waals surface area (Å²) in [5.41, 5.74) is 2.64. The molecule has 10 heteroatoms. The highest BCUT2D eigenvalue weighted by Gasteiger charge is 2.17. The lowest BCUT2D eigenvalue weighted by Crippen LogP contribution is -2.28. The van der Waals surface area contributed by atoms with Gasteiger partial charge in [-0.1, -0.05) is 37.6 Å². The molecule has 0 saturated heterocycles. The second-order valence-electron chi connectivity index (χ2n) is 7.60. The summed E-state index contributed by atoms with van der Waals surface area (Å²) in [5.74, 6) is 0.861. The standard InChI is InChI=1S/C23H26ClN7OS/c1-3-29(4-2)13-14-30-19-8-6-5-7-18(19)25-22(30)26-20(32)15-31-21(27-28-23(31)33)16-9-11-17(24)12-10-16/h5-12H,3-4,13-15H2,1-2H3,(H,28,33)(H,25,26,32). The lowest BCUT2D eigenvalue weighted by Gasteiger charge is -2.19. The SMILES string of the molecule is CCN(CC)CCn1c(NC(=O)Cn2c(-c3ccc(Cl)cc3)n[nH]c2=S)nc2ccccc21. The number of aromatic nitrogens is 5. The number of aromatic amines is 1. The minimum absolute atomic E-state index is 0.00649. The van der Waals surface area contributed by atoms with Gasteiger partial charge < -0.3 is 9.47 Å². The van der Waals surface area contributed by atoms with Crippen LogP contribution in [-0.4, -0.2) is 54.8 Å². The Kier molecular flexibility index (Phi) is 7.22. The van der Waals surface area contributed by atoms with E-state index in [1.807, 2.05) is 36.4 Å². The summed E-state index contributed by atoms with van der Waals surface area (Å²) in [4.78, 5) is 20.0. The van der Waals surface area contributed by atoms with E-state index in [0.29, 0.717) is 21.6 Å². The largest absolute Gasteiger partial charge is 0.309 e. The molecule has 172 valence electrons. The Hall–Kier alpha value is -3.01. The molecule has 2 aromatic heterocycles. The van der Waals surface area contributed by atoms with Crippen molar-refractivity contribution >= 4 is 46.7 Å². The van der Waals surface area contributed by atoms with Crippen molar-refractivity contribution in [2.45, 2.75) is 26.9 Å². The number of para-hydroxylation sites is 2. The van der Waals surface area contributed by atoms with Gasteiger partial charge in [-0.25, -0.2) is 4.98 Å². The molecule has 0 bridgehead atoms. The fraction of sp³-hybridized carbons (Fsp3) is 0.304. The number of hydrogen-bond donors (Lipinski definition) is 2. The van der Waals surface area contributed by atoms with Gasteiger partial charge in [0.15, 0.2) is 10.6 Å². The molecule has 8 nitrogen and oxygen atoms in total. The van der Waals surface area contributed by atoms with Crippen LogP contribution in [0, 0.1) is 4.77 Å². The van der Waals surface area contributed by atoms with Crippen LogP contribution in [-0.2, 0) is 17.9 Å². The Morgan fingerprint density at radius 1 is 1.12 bits per heavy atom. The molecule has 2 aromatic carbocycles. The molecule has 0 aliphatic rings. The fourth-order valence-corrected chi connectivity index (χ4v) is 4.09. The van der Waals surface area contributed by atoms with Crippen molar-refractivity contribution in [2.24, 2.45) is 0 Å². The predicted molar refractivity (Wildman–Crippen MR) is 134 cm³/mol. The van der Waals surface area contributed by atoms with E-state index in [9.17, 15) is 4.79 Å². The third-order valence-corrected chi connectivity index (χ3v) is 6.17. The highest BCUT2D eigenvalue weighted by atomic mass is 35.5. The van der Waals surface area contributed by atoms with Crippen molar-refractivity contribution in [1.29, 1.82) is 0 Å². The molecule has 0 saturated carbocycles. The summed E-state index contributed by atoms with van der Waals surface area (Å²) in [6.45, 7) is 7.82. The number of amides is 1. The maximum atomic E-state index is 13.0. The lowest BCUT2D eigenvalue weighted by atomic mass is 10.2. The van der Waals surface area contributed by atoms with Gasteiger partial charge in [-0.15, -0.1) is 0 Å². The highest BCUT2D eigenvalue weighted by Crippen LogP contribution is 2.22. The van der Waals surface area contributed by atoms with Crippen LogP contribution in [0.2, 0.25) is 5.02 Å². The Bertz CT molecular complexity index is 1300. The first kappa shape index (κ1) is 23.2. The van der Waals surface area contributed by atoms with Crippen LogP contribution in [0.5, 0.6) is 0 Å². The van der Waals surface area contributed by atoms with Gasteiger partial charge in [0.1, 0.15) is 6.54 Å². The topological polar surface area (TPSA) is 83.8 Å². The van der Waals surface area contributed by atoms with E-state index >= 15 is 0 Å². The zero-order valence-corrected chi connectivity index (χ0v) is 20.2. The third-order valence-electron chi connectivity index (χ3n) is 5.60. The zero-order valence-electron chi connectivity index (χ0n) is 18.6. The van der Waals surface area contributed by atoms with E-state index in [4.69, 9.17) is 23.8 Å². The molecular formula is C23H26ClN7OS. The molecule has 0 spiro atoms. The maximum absolute atomic E-state index is 13.0. The molecule has 0 aliphatic carbocycles. The zero-order chi connectivity index (χ0) is 23.4. The molecule has 0 aliphatic heterocycles. The molecule has 2 N–H and O–H groups in total. The molecular weight excluding hydrogens is 458 g/mol.